The Morgan fingerprint density at radius 2 is 2.33 bits per heavy atom. The van der Waals surface area contributed by atoms with Crippen molar-refractivity contribution >= 4 is 34.9 Å². The fraction of sp³-hybridized carbons (Fsp3) is 0.333. The number of thioether (sulfide) groups is 2. The molecular weight excluding hydrogens is 248 g/mol. The van der Waals surface area contributed by atoms with E-state index in [1.165, 1.54) is 0 Å². The van der Waals surface area contributed by atoms with Gasteiger partial charge in [-0.2, -0.15) is 0 Å². The molecule has 2 aromatic heterocycles. The maximum atomic E-state index is 5.24. The van der Waals surface area contributed by atoms with Gasteiger partial charge in [-0.15, -0.1) is 22.0 Å². The van der Waals surface area contributed by atoms with Crippen molar-refractivity contribution in [1.29, 1.82) is 0 Å². The molecular formula is C9H10N2OS3. The Balaban J connectivity index is 1.78. The first kappa shape index (κ1) is 11.0. The lowest BCUT2D eigenvalue weighted by Gasteiger charge is -1.94. The molecule has 0 aromatic carbocycles. The van der Waals surface area contributed by atoms with Crippen molar-refractivity contribution in [1.82, 2.24) is 10.2 Å². The van der Waals surface area contributed by atoms with Crippen molar-refractivity contribution in [3.05, 3.63) is 29.2 Å². The second kappa shape index (κ2) is 5.58. The molecule has 80 valence electrons. The molecule has 0 atom stereocenters. The van der Waals surface area contributed by atoms with Crippen molar-refractivity contribution in [2.45, 2.75) is 15.8 Å². The van der Waals surface area contributed by atoms with Crippen LogP contribution in [0.4, 0.5) is 0 Å². The zero-order valence-corrected chi connectivity index (χ0v) is 10.6. The molecule has 2 heterocycles. The number of nitrogens with zero attached hydrogens (tertiary/aromatic N) is 2. The largest absolute Gasteiger partial charge is 0.468 e. The molecule has 2 rings (SSSR count). The summed E-state index contributed by atoms with van der Waals surface area (Å²) >= 11 is 5.09. The lowest BCUT2D eigenvalue weighted by atomic mass is 10.5. The second-order valence-corrected chi connectivity index (χ2v) is 5.84. The van der Waals surface area contributed by atoms with Gasteiger partial charge in [-0.1, -0.05) is 23.1 Å². The lowest BCUT2D eigenvalue weighted by molar-refractivity contribution is 0.530. The SMILES string of the molecule is CSc1nnc(CSCc2ccco2)s1. The van der Waals surface area contributed by atoms with Gasteiger partial charge < -0.3 is 4.42 Å². The van der Waals surface area contributed by atoms with E-state index < -0.39 is 0 Å². The summed E-state index contributed by atoms with van der Waals surface area (Å²) in [6.07, 6.45) is 3.72. The van der Waals surface area contributed by atoms with Crippen LogP contribution >= 0.6 is 34.9 Å². The van der Waals surface area contributed by atoms with Gasteiger partial charge >= 0.3 is 0 Å². The highest BCUT2D eigenvalue weighted by atomic mass is 32.2. The van der Waals surface area contributed by atoms with Crippen molar-refractivity contribution in [3.8, 4) is 0 Å². The van der Waals surface area contributed by atoms with Crippen LogP contribution in [0.25, 0.3) is 0 Å². The predicted molar refractivity (Wildman–Crippen MR) is 65.4 cm³/mol. The van der Waals surface area contributed by atoms with Gasteiger partial charge in [-0.3, -0.25) is 0 Å². The van der Waals surface area contributed by atoms with Gasteiger partial charge in [-0.05, 0) is 18.4 Å². The predicted octanol–water partition coefficient (Wildman–Crippen LogP) is 3.29. The van der Waals surface area contributed by atoms with Crippen LogP contribution in [-0.2, 0) is 11.5 Å². The molecule has 0 aliphatic heterocycles. The van der Waals surface area contributed by atoms with Crippen molar-refractivity contribution < 1.29 is 4.42 Å². The summed E-state index contributed by atoms with van der Waals surface area (Å²) in [5, 5.41) is 9.23. The summed E-state index contributed by atoms with van der Waals surface area (Å²) in [6.45, 7) is 0. The molecule has 0 unspecified atom stereocenters. The summed E-state index contributed by atoms with van der Waals surface area (Å²) in [4.78, 5) is 0. The van der Waals surface area contributed by atoms with E-state index in [1.807, 2.05) is 18.4 Å². The van der Waals surface area contributed by atoms with Gasteiger partial charge in [0.15, 0.2) is 4.34 Å². The molecule has 0 fully saturated rings. The highest BCUT2D eigenvalue weighted by molar-refractivity contribution is 8.00. The molecule has 0 aliphatic rings. The zero-order chi connectivity index (χ0) is 10.5. The fourth-order valence-electron chi connectivity index (χ4n) is 1.01. The second-order valence-electron chi connectivity index (χ2n) is 2.74. The molecule has 0 bridgehead atoms. The molecule has 0 saturated heterocycles. The van der Waals surface area contributed by atoms with Crippen LogP contribution in [0, 0.1) is 0 Å². The molecule has 2 aromatic rings. The molecule has 0 spiro atoms. The van der Waals surface area contributed by atoms with E-state index in [0.29, 0.717) is 0 Å². The zero-order valence-electron chi connectivity index (χ0n) is 8.17. The fourth-order valence-corrected chi connectivity index (χ4v) is 3.31. The van der Waals surface area contributed by atoms with E-state index in [9.17, 15) is 0 Å². The van der Waals surface area contributed by atoms with E-state index in [-0.39, 0.29) is 0 Å². The maximum Gasteiger partial charge on any atom is 0.174 e. The Kier molecular flexibility index (Phi) is 4.10. The van der Waals surface area contributed by atoms with Crippen LogP contribution < -0.4 is 0 Å². The Morgan fingerprint density at radius 1 is 1.40 bits per heavy atom. The third kappa shape index (κ3) is 3.25. The summed E-state index contributed by atoms with van der Waals surface area (Å²) < 4.78 is 6.27. The van der Waals surface area contributed by atoms with Crippen molar-refractivity contribution in [3.63, 3.8) is 0 Å². The minimum absolute atomic E-state index is 0.890. The monoisotopic (exact) mass is 258 g/mol. The molecule has 0 saturated carbocycles. The third-order valence-corrected chi connectivity index (χ3v) is 4.72. The molecule has 0 N–H and O–H groups in total. The average Bonchev–Trinajstić information content (AvgIpc) is 2.88. The summed E-state index contributed by atoms with van der Waals surface area (Å²) in [7, 11) is 0. The highest BCUT2D eigenvalue weighted by Crippen LogP contribution is 2.24. The number of furan rings is 1. The van der Waals surface area contributed by atoms with Gasteiger partial charge in [0.2, 0.25) is 0 Å². The van der Waals surface area contributed by atoms with Gasteiger partial charge in [0.1, 0.15) is 10.8 Å². The molecule has 15 heavy (non-hydrogen) atoms. The number of rotatable bonds is 5. The highest BCUT2D eigenvalue weighted by Gasteiger charge is 2.03. The van der Waals surface area contributed by atoms with Crippen LogP contribution in [0.3, 0.4) is 0 Å². The average molecular weight is 258 g/mol. The van der Waals surface area contributed by atoms with Gasteiger partial charge in [0, 0.05) is 5.75 Å². The van der Waals surface area contributed by atoms with E-state index >= 15 is 0 Å². The smallest absolute Gasteiger partial charge is 0.174 e. The van der Waals surface area contributed by atoms with E-state index in [0.717, 1.165) is 26.6 Å². The van der Waals surface area contributed by atoms with E-state index in [1.54, 1.807) is 41.1 Å². The van der Waals surface area contributed by atoms with E-state index in [2.05, 4.69) is 10.2 Å². The topological polar surface area (TPSA) is 38.9 Å². The van der Waals surface area contributed by atoms with Crippen LogP contribution in [0.15, 0.2) is 27.2 Å². The molecule has 3 nitrogen and oxygen atoms in total. The minimum atomic E-state index is 0.890. The van der Waals surface area contributed by atoms with E-state index in [4.69, 9.17) is 4.42 Å². The van der Waals surface area contributed by atoms with Crippen molar-refractivity contribution in [2.24, 2.45) is 0 Å². The van der Waals surface area contributed by atoms with Crippen LogP contribution in [0.1, 0.15) is 10.8 Å². The normalized spacial score (nSPS) is 10.7. The Labute approximate surface area is 101 Å². The quantitative estimate of drug-likeness (QED) is 0.770. The molecule has 0 amide bonds. The Bertz CT molecular complexity index is 399. The third-order valence-electron chi connectivity index (χ3n) is 1.67. The molecule has 6 heteroatoms. The summed E-state index contributed by atoms with van der Waals surface area (Å²) in [5.74, 6) is 2.80. The minimum Gasteiger partial charge on any atom is -0.468 e. The number of hydrogen-bond acceptors (Lipinski definition) is 6. The number of hydrogen-bond donors (Lipinski definition) is 0. The summed E-state index contributed by atoms with van der Waals surface area (Å²) in [6, 6.07) is 3.90. The summed E-state index contributed by atoms with van der Waals surface area (Å²) in [5.41, 5.74) is 0. The molecule has 0 radical (unpaired) electrons. The van der Waals surface area contributed by atoms with Crippen LogP contribution in [0.5, 0.6) is 0 Å². The first-order chi connectivity index (χ1) is 7.38. The Hall–Kier alpha value is -0.460. The maximum absolute atomic E-state index is 5.24. The van der Waals surface area contributed by atoms with Gasteiger partial charge in [-0.25, -0.2) is 0 Å². The Morgan fingerprint density at radius 3 is 3.00 bits per heavy atom. The van der Waals surface area contributed by atoms with Crippen LogP contribution in [-0.4, -0.2) is 16.5 Å². The first-order valence-corrected chi connectivity index (χ1v) is 7.54. The van der Waals surface area contributed by atoms with Crippen LogP contribution in [0.2, 0.25) is 0 Å². The standard InChI is InChI=1S/C9H10N2OS3/c1-13-9-11-10-8(15-9)6-14-5-7-3-2-4-12-7/h2-4H,5-6H2,1H3. The van der Waals surface area contributed by atoms with Gasteiger partial charge in [0.05, 0.1) is 12.0 Å². The van der Waals surface area contributed by atoms with Gasteiger partial charge in [0.25, 0.3) is 0 Å². The number of aromatic nitrogens is 2. The van der Waals surface area contributed by atoms with Crippen molar-refractivity contribution in [2.75, 3.05) is 6.26 Å². The molecule has 0 aliphatic carbocycles. The first-order valence-electron chi connectivity index (χ1n) is 4.35. The lowest BCUT2D eigenvalue weighted by Crippen LogP contribution is -1.80.